The Balaban J connectivity index is 1.61. The maximum absolute atomic E-state index is 11.9. The Morgan fingerprint density at radius 3 is 2.69 bits per heavy atom. The van der Waals surface area contributed by atoms with Crippen molar-refractivity contribution in [3.05, 3.63) is 48.2 Å². The molecule has 3 heterocycles. The number of amides is 1. The molecule has 1 aliphatic rings. The van der Waals surface area contributed by atoms with Crippen LogP contribution in [0.25, 0.3) is 11.4 Å². The van der Waals surface area contributed by atoms with Crippen molar-refractivity contribution in [2.45, 2.75) is 25.8 Å². The van der Waals surface area contributed by atoms with Gasteiger partial charge in [0.05, 0.1) is 13.7 Å². The van der Waals surface area contributed by atoms with Crippen molar-refractivity contribution in [1.82, 2.24) is 25.4 Å². The number of carbonyl (C=O) groups excluding carboxylic acids is 1. The lowest BCUT2D eigenvalue weighted by atomic mass is 9.98. The van der Waals surface area contributed by atoms with Gasteiger partial charge in [-0.25, -0.2) is 9.97 Å². The summed E-state index contributed by atoms with van der Waals surface area (Å²) in [6.45, 7) is 4.40. The van der Waals surface area contributed by atoms with Gasteiger partial charge in [-0.2, -0.15) is 4.98 Å². The lowest BCUT2D eigenvalue weighted by Crippen LogP contribution is -2.47. The summed E-state index contributed by atoms with van der Waals surface area (Å²) < 4.78 is 10.6. The van der Waals surface area contributed by atoms with Gasteiger partial charge in [0.2, 0.25) is 5.91 Å². The van der Waals surface area contributed by atoms with Crippen LogP contribution in [0.15, 0.2) is 41.1 Å². The summed E-state index contributed by atoms with van der Waals surface area (Å²) in [6, 6.07) is 9.45. The molecule has 9 nitrogen and oxygen atoms in total. The number of hydrogen-bond acceptors (Lipinski definition) is 8. The molecule has 0 aliphatic carbocycles. The molecular weight excluding hydrogens is 372 g/mol. The smallest absolute Gasteiger partial charge is 0.254 e. The zero-order chi connectivity index (χ0) is 20.4. The van der Waals surface area contributed by atoms with Gasteiger partial charge in [-0.1, -0.05) is 5.16 Å². The molecule has 29 heavy (non-hydrogen) atoms. The number of anilines is 1. The molecule has 1 unspecified atom stereocenters. The fourth-order valence-electron chi connectivity index (χ4n) is 3.57. The van der Waals surface area contributed by atoms with Crippen molar-refractivity contribution in [2.75, 3.05) is 25.1 Å². The van der Waals surface area contributed by atoms with E-state index >= 15 is 0 Å². The van der Waals surface area contributed by atoms with Gasteiger partial charge in [-0.15, -0.1) is 0 Å². The van der Waals surface area contributed by atoms with Crippen LogP contribution < -0.4 is 15.0 Å². The zero-order valence-corrected chi connectivity index (χ0v) is 16.5. The highest BCUT2D eigenvalue weighted by atomic mass is 16.5. The van der Waals surface area contributed by atoms with Gasteiger partial charge in [0, 0.05) is 25.2 Å². The normalized spacial score (nSPS) is 18.7. The van der Waals surface area contributed by atoms with Gasteiger partial charge in [0.1, 0.15) is 17.1 Å². The molecule has 1 fully saturated rings. The standard InChI is InChI=1S/C20H22N6O3/c1-13-22-19(29-25-13)20(24-14(2)27)9-11-26(12-20)17-8-10-21-18(23-17)15-4-6-16(28-3)7-5-15/h4-8,10H,9,11-12H2,1-3H3,(H,24,27). The second-order valence-electron chi connectivity index (χ2n) is 7.05. The van der Waals surface area contributed by atoms with E-state index in [9.17, 15) is 4.79 Å². The van der Waals surface area contributed by atoms with E-state index in [1.807, 2.05) is 30.3 Å². The van der Waals surface area contributed by atoms with E-state index < -0.39 is 5.54 Å². The first-order chi connectivity index (χ1) is 14.0. The Labute approximate surface area is 168 Å². The quantitative estimate of drug-likeness (QED) is 0.701. The number of ether oxygens (including phenoxy) is 1. The Morgan fingerprint density at radius 2 is 2.03 bits per heavy atom. The van der Waals surface area contributed by atoms with Gasteiger partial charge in [0.25, 0.3) is 5.89 Å². The van der Waals surface area contributed by atoms with Crippen LogP contribution in [0.5, 0.6) is 5.75 Å². The summed E-state index contributed by atoms with van der Waals surface area (Å²) in [5, 5.41) is 6.90. The molecule has 2 aromatic heterocycles. The number of benzene rings is 1. The molecule has 1 atom stereocenters. The number of rotatable bonds is 5. The number of carbonyl (C=O) groups is 1. The number of hydrogen-bond donors (Lipinski definition) is 1. The summed E-state index contributed by atoms with van der Waals surface area (Å²) in [5.74, 6) is 2.97. The Kier molecular flexibility index (Phi) is 4.87. The van der Waals surface area contributed by atoms with Crippen LogP contribution in [0.4, 0.5) is 5.82 Å². The highest BCUT2D eigenvalue weighted by Crippen LogP contribution is 2.34. The molecule has 3 aromatic rings. The predicted octanol–water partition coefficient (Wildman–Crippen LogP) is 2.09. The van der Waals surface area contributed by atoms with E-state index in [1.54, 1.807) is 20.2 Å². The van der Waals surface area contributed by atoms with Crippen LogP contribution in [-0.2, 0) is 10.3 Å². The van der Waals surface area contributed by atoms with Crippen molar-refractivity contribution < 1.29 is 14.1 Å². The molecule has 1 aliphatic heterocycles. The Bertz CT molecular complexity index is 1020. The number of nitrogens with one attached hydrogen (secondary N) is 1. The number of aryl methyl sites for hydroxylation is 1. The summed E-state index contributed by atoms with van der Waals surface area (Å²) in [5.41, 5.74) is 0.158. The first-order valence-electron chi connectivity index (χ1n) is 9.31. The minimum atomic E-state index is -0.738. The first kappa shape index (κ1) is 18.9. The van der Waals surface area contributed by atoms with Gasteiger partial charge < -0.3 is 19.5 Å². The van der Waals surface area contributed by atoms with Gasteiger partial charge >= 0.3 is 0 Å². The molecule has 1 aromatic carbocycles. The molecule has 1 saturated heterocycles. The molecule has 4 rings (SSSR count). The zero-order valence-electron chi connectivity index (χ0n) is 16.5. The molecule has 150 valence electrons. The Hall–Kier alpha value is -3.49. The molecule has 0 spiro atoms. The molecular formula is C20H22N6O3. The molecule has 9 heteroatoms. The largest absolute Gasteiger partial charge is 0.497 e. The van der Waals surface area contributed by atoms with Crippen molar-refractivity contribution >= 4 is 11.7 Å². The van der Waals surface area contributed by atoms with E-state index in [2.05, 4.69) is 25.3 Å². The van der Waals surface area contributed by atoms with Crippen LogP contribution >= 0.6 is 0 Å². The maximum atomic E-state index is 11.9. The monoisotopic (exact) mass is 394 g/mol. The van der Waals surface area contributed by atoms with E-state index in [1.165, 1.54) is 6.92 Å². The van der Waals surface area contributed by atoms with Crippen molar-refractivity contribution in [3.8, 4) is 17.1 Å². The highest BCUT2D eigenvalue weighted by molar-refractivity contribution is 5.74. The van der Waals surface area contributed by atoms with E-state index in [4.69, 9.17) is 14.2 Å². The first-order valence-corrected chi connectivity index (χ1v) is 9.31. The third-order valence-electron chi connectivity index (χ3n) is 4.93. The predicted molar refractivity (Wildman–Crippen MR) is 105 cm³/mol. The van der Waals surface area contributed by atoms with Crippen LogP contribution in [0.2, 0.25) is 0 Å². The average molecular weight is 394 g/mol. The number of nitrogens with zero attached hydrogens (tertiary/aromatic N) is 5. The fourth-order valence-corrected chi connectivity index (χ4v) is 3.57. The van der Waals surface area contributed by atoms with Crippen molar-refractivity contribution in [1.29, 1.82) is 0 Å². The van der Waals surface area contributed by atoms with Crippen molar-refractivity contribution in [3.63, 3.8) is 0 Å². The van der Waals surface area contributed by atoms with E-state index in [0.717, 1.165) is 17.1 Å². The lowest BCUT2D eigenvalue weighted by molar-refractivity contribution is -0.121. The topological polar surface area (TPSA) is 106 Å². The van der Waals surface area contributed by atoms with Gasteiger partial charge in [-0.3, -0.25) is 4.79 Å². The van der Waals surface area contributed by atoms with Crippen LogP contribution in [0, 0.1) is 6.92 Å². The molecule has 0 bridgehead atoms. The van der Waals surface area contributed by atoms with Crippen molar-refractivity contribution in [2.24, 2.45) is 0 Å². The lowest BCUT2D eigenvalue weighted by Gasteiger charge is -2.26. The summed E-state index contributed by atoms with van der Waals surface area (Å²) in [7, 11) is 1.63. The summed E-state index contributed by atoms with van der Waals surface area (Å²) >= 11 is 0. The third-order valence-corrected chi connectivity index (χ3v) is 4.93. The van der Waals surface area contributed by atoms with E-state index in [-0.39, 0.29) is 5.91 Å². The van der Waals surface area contributed by atoms with Gasteiger partial charge in [-0.05, 0) is 43.7 Å². The Morgan fingerprint density at radius 1 is 1.24 bits per heavy atom. The summed E-state index contributed by atoms with van der Waals surface area (Å²) in [4.78, 5) is 27.4. The fraction of sp³-hybridized carbons (Fsp3) is 0.350. The number of methoxy groups -OCH3 is 1. The molecule has 0 saturated carbocycles. The SMILES string of the molecule is COc1ccc(-c2nccc(N3CCC(NC(C)=O)(c4nc(C)no4)C3)n2)cc1. The second-order valence-corrected chi connectivity index (χ2v) is 7.05. The minimum Gasteiger partial charge on any atom is -0.497 e. The van der Waals surface area contributed by atoms with Crippen LogP contribution in [0.1, 0.15) is 25.1 Å². The molecule has 1 amide bonds. The highest BCUT2D eigenvalue weighted by Gasteiger charge is 2.45. The number of aromatic nitrogens is 4. The molecule has 1 N–H and O–H groups in total. The van der Waals surface area contributed by atoms with E-state index in [0.29, 0.717) is 37.0 Å². The second kappa shape index (κ2) is 7.50. The van der Waals surface area contributed by atoms with Crippen LogP contribution in [-0.4, -0.2) is 46.2 Å². The maximum Gasteiger partial charge on any atom is 0.254 e. The third kappa shape index (κ3) is 3.75. The van der Waals surface area contributed by atoms with Crippen LogP contribution in [0.3, 0.4) is 0 Å². The summed E-state index contributed by atoms with van der Waals surface area (Å²) in [6.07, 6.45) is 2.37. The molecule has 0 radical (unpaired) electrons. The minimum absolute atomic E-state index is 0.149. The van der Waals surface area contributed by atoms with Gasteiger partial charge in [0.15, 0.2) is 11.6 Å². The average Bonchev–Trinajstić information content (AvgIpc) is 3.35.